The predicted molar refractivity (Wildman–Crippen MR) is 92.9 cm³/mol. The van der Waals surface area contributed by atoms with Crippen molar-refractivity contribution in [3.05, 3.63) is 29.8 Å². The SMILES string of the molecule is Cc1cccc(NC(=O)CCCCS(=O)(=O)N2CCCCC2)c1. The number of nitrogens with zero attached hydrogens (tertiary/aromatic N) is 1. The Morgan fingerprint density at radius 1 is 1.17 bits per heavy atom. The number of hydrogen-bond donors (Lipinski definition) is 1. The summed E-state index contributed by atoms with van der Waals surface area (Å²) in [6.07, 6.45) is 4.50. The number of unbranched alkanes of at least 4 members (excludes halogenated alkanes) is 1. The molecule has 1 N–H and O–H groups in total. The Bertz CT molecular complexity index is 622. The highest BCUT2D eigenvalue weighted by Gasteiger charge is 2.23. The van der Waals surface area contributed by atoms with E-state index in [9.17, 15) is 13.2 Å². The number of piperidine rings is 1. The average molecular weight is 338 g/mol. The van der Waals surface area contributed by atoms with Crippen molar-refractivity contribution in [2.45, 2.75) is 45.4 Å². The van der Waals surface area contributed by atoms with Gasteiger partial charge in [0.05, 0.1) is 5.75 Å². The molecule has 23 heavy (non-hydrogen) atoms. The molecule has 0 saturated carbocycles. The summed E-state index contributed by atoms with van der Waals surface area (Å²) in [7, 11) is -3.14. The van der Waals surface area contributed by atoms with E-state index in [1.54, 1.807) is 4.31 Å². The minimum absolute atomic E-state index is 0.0639. The molecule has 1 aliphatic rings. The molecule has 128 valence electrons. The van der Waals surface area contributed by atoms with E-state index in [2.05, 4.69) is 5.32 Å². The van der Waals surface area contributed by atoms with Crippen molar-refractivity contribution in [2.24, 2.45) is 0 Å². The predicted octanol–water partition coefficient (Wildman–Crippen LogP) is 2.92. The molecule has 1 saturated heterocycles. The number of rotatable bonds is 7. The van der Waals surface area contributed by atoms with Gasteiger partial charge in [-0.3, -0.25) is 4.79 Å². The van der Waals surface area contributed by atoms with E-state index < -0.39 is 10.0 Å². The number of amides is 1. The Labute approximate surface area is 139 Å². The van der Waals surface area contributed by atoms with Crippen LogP contribution in [0.5, 0.6) is 0 Å². The summed E-state index contributed by atoms with van der Waals surface area (Å²) >= 11 is 0. The van der Waals surface area contributed by atoms with E-state index in [0.29, 0.717) is 32.4 Å². The lowest BCUT2D eigenvalue weighted by Crippen LogP contribution is -2.37. The normalized spacial score (nSPS) is 16.2. The first-order chi connectivity index (χ1) is 11.0. The molecule has 2 rings (SSSR count). The zero-order valence-electron chi connectivity index (χ0n) is 13.8. The molecule has 1 aromatic rings. The lowest BCUT2D eigenvalue weighted by molar-refractivity contribution is -0.116. The lowest BCUT2D eigenvalue weighted by atomic mass is 10.2. The summed E-state index contributed by atoms with van der Waals surface area (Å²) in [5.41, 5.74) is 1.88. The summed E-state index contributed by atoms with van der Waals surface area (Å²) in [6, 6.07) is 7.64. The van der Waals surface area contributed by atoms with Gasteiger partial charge in [0.1, 0.15) is 0 Å². The molecule has 0 atom stereocenters. The van der Waals surface area contributed by atoms with Crippen molar-refractivity contribution in [2.75, 3.05) is 24.2 Å². The van der Waals surface area contributed by atoms with Crippen molar-refractivity contribution in [1.82, 2.24) is 4.31 Å². The zero-order valence-corrected chi connectivity index (χ0v) is 14.6. The third kappa shape index (κ3) is 5.95. The number of sulfonamides is 1. The molecular weight excluding hydrogens is 312 g/mol. The topological polar surface area (TPSA) is 66.5 Å². The van der Waals surface area contributed by atoms with Crippen LogP contribution in [0.2, 0.25) is 0 Å². The second-order valence-corrected chi connectivity index (χ2v) is 8.24. The van der Waals surface area contributed by atoms with Gasteiger partial charge in [-0.15, -0.1) is 0 Å². The van der Waals surface area contributed by atoms with Crippen LogP contribution in [-0.4, -0.2) is 37.5 Å². The summed E-state index contributed by atoms with van der Waals surface area (Å²) in [4.78, 5) is 11.9. The molecule has 0 radical (unpaired) electrons. The van der Waals surface area contributed by atoms with Gasteiger partial charge in [-0.1, -0.05) is 18.6 Å². The van der Waals surface area contributed by atoms with Crippen LogP contribution in [0.4, 0.5) is 5.69 Å². The summed E-state index contributed by atoms with van der Waals surface area (Å²) in [5, 5.41) is 2.84. The van der Waals surface area contributed by atoms with Crippen molar-refractivity contribution >= 4 is 21.6 Å². The van der Waals surface area contributed by atoms with Gasteiger partial charge in [0.2, 0.25) is 15.9 Å². The largest absolute Gasteiger partial charge is 0.326 e. The average Bonchev–Trinajstić information content (AvgIpc) is 2.52. The zero-order chi connectivity index (χ0) is 16.7. The first-order valence-corrected chi connectivity index (χ1v) is 9.93. The summed E-state index contributed by atoms with van der Waals surface area (Å²) < 4.78 is 26.0. The summed E-state index contributed by atoms with van der Waals surface area (Å²) in [6.45, 7) is 3.27. The second kappa shape index (κ2) is 8.45. The van der Waals surface area contributed by atoms with Crippen LogP contribution in [0, 0.1) is 6.92 Å². The molecule has 5 nitrogen and oxygen atoms in total. The number of anilines is 1. The molecule has 1 aliphatic heterocycles. The molecule has 0 unspecified atom stereocenters. The molecule has 1 heterocycles. The number of carbonyl (C=O) groups is 1. The number of carbonyl (C=O) groups excluding carboxylic acids is 1. The maximum atomic E-state index is 12.2. The summed E-state index contributed by atoms with van der Waals surface area (Å²) in [5.74, 6) is 0.0797. The fourth-order valence-corrected chi connectivity index (χ4v) is 4.43. The van der Waals surface area contributed by atoms with E-state index in [1.807, 2.05) is 31.2 Å². The maximum Gasteiger partial charge on any atom is 0.224 e. The van der Waals surface area contributed by atoms with Crippen LogP contribution in [0.25, 0.3) is 0 Å². The van der Waals surface area contributed by atoms with Crippen molar-refractivity contribution in [3.8, 4) is 0 Å². The lowest BCUT2D eigenvalue weighted by Gasteiger charge is -2.25. The third-order valence-corrected chi connectivity index (χ3v) is 6.02. The Kier molecular flexibility index (Phi) is 6.59. The van der Waals surface area contributed by atoms with Crippen LogP contribution in [-0.2, 0) is 14.8 Å². The fourth-order valence-electron chi connectivity index (χ4n) is 2.79. The van der Waals surface area contributed by atoms with Crippen molar-refractivity contribution < 1.29 is 13.2 Å². The highest BCUT2D eigenvalue weighted by Crippen LogP contribution is 2.15. The molecule has 0 aromatic heterocycles. The molecule has 1 aromatic carbocycles. The van der Waals surface area contributed by atoms with E-state index >= 15 is 0 Å². The van der Waals surface area contributed by atoms with Gasteiger partial charge in [0.15, 0.2) is 0 Å². The number of aryl methyl sites for hydroxylation is 1. The molecule has 0 aliphatic carbocycles. The highest BCUT2D eigenvalue weighted by molar-refractivity contribution is 7.89. The van der Waals surface area contributed by atoms with Gasteiger partial charge in [-0.2, -0.15) is 0 Å². The Morgan fingerprint density at radius 3 is 2.61 bits per heavy atom. The Hall–Kier alpha value is -1.40. The first kappa shape index (κ1) is 17.9. The fraction of sp³-hybridized carbons (Fsp3) is 0.588. The molecule has 1 fully saturated rings. The number of benzene rings is 1. The van der Waals surface area contributed by atoms with Crippen LogP contribution in [0.1, 0.15) is 44.1 Å². The Morgan fingerprint density at radius 2 is 1.91 bits per heavy atom. The molecule has 6 heteroatoms. The standard InChI is InChI=1S/C17H26N2O3S/c1-15-8-7-9-16(14-15)18-17(20)10-3-6-13-23(21,22)19-11-4-2-5-12-19/h7-9,14H,2-6,10-13H2,1H3,(H,18,20). The maximum absolute atomic E-state index is 12.2. The van der Waals surface area contributed by atoms with Gasteiger partial charge < -0.3 is 5.32 Å². The van der Waals surface area contributed by atoms with Crippen molar-refractivity contribution in [1.29, 1.82) is 0 Å². The van der Waals surface area contributed by atoms with E-state index in [-0.39, 0.29) is 11.7 Å². The molecular formula is C17H26N2O3S. The van der Waals surface area contributed by atoms with Gasteiger partial charge in [0.25, 0.3) is 0 Å². The molecule has 0 spiro atoms. The van der Waals surface area contributed by atoms with Crippen molar-refractivity contribution in [3.63, 3.8) is 0 Å². The number of hydrogen-bond acceptors (Lipinski definition) is 3. The number of nitrogens with one attached hydrogen (secondary N) is 1. The first-order valence-electron chi connectivity index (χ1n) is 8.32. The smallest absolute Gasteiger partial charge is 0.224 e. The van der Waals surface area contributed by atoms with E-state index in [4.69, 9.17) is 0 Å². The quantitative estimate of drug-likeness (QED) is 0.777. The van der Waals surface area contributed by atoms with E-state index in [1.165, 1.54) is 0 Å². The minimum Gasteiger partial charge on any atom is -0.326 e. The highest BCUT2D eigenvalue weighted by atomic mass is 32.2. The van der Waals surface area contributed by atoms with Crippen LogP contribution in [0.15, 0.2) is 24.3 Å². The van der Waals surface area contributed by atoms with Crippen LogP contribution >= 0.6 is 0 Å². The van der Waals surface area contributed by atoms with Gasteiger partial charge in [-0.05, 0) is 50.3 Å². The van der Waals surface area contributed by atoms with E-state index in [0.717, 1.165) is 30.5 Å². The van der Waals surface area contributed by atoms with Crippen LogP contribution in [0.3, 0.4) is 0 Å². The van der Waals surface area contributed by atoms with Gasteiger partial charge in [-0.25, -0.2) is 12.7 Å². The van der Waals surface area contributed by atoms with Gasteiger partial charge >= 0.3 is 0 Å². The van der Waals surface area contributed by atoms with Gasteiger partial charge in [0, 0.05) is 25.2 Å². The molecule has 1 amide bonds. The minimum atomic E-state index is -3.14. The van der Waals surface area contributed by atoms with Crippen LogP contribution < -0.4 is 5.32 Å². The Balaban J connectivity index is 1.69. The monoisotopic (exact) mass is 338 g/mol. The third-order valence-electron chi connectivity index (χ3n) is 4.07. The molecule has 0 bridgehead atoms. The second-order valence-electron chi connectivity index (χ2n) is 6.15.